The first-order chi connectivity index (χ1) is 10.5. The van der Waals surface area contributed by atoms with Crippen LogP contribution in [0.5, 0.6) is 5.75 Å². The van der Waals surface area contributed by atoms with Gasteiger partial charge in [-0.3, -0.25) is 14.5 Å². The van der Waals surface area contributed by atoms with E-state index >= 15 is 0 Å². The Balaban J connectivity index is 1.96. The van der Waals surface area contributed by atoms with Gasteiger partial charge in [0.25, 0.3) is 0 Å². The lowest BCUT2D eigenvalue weighted by Gasteiger charge is -2.15. The van der Waals surface area contributed by atoms with E-state index in [1.54, 1.807) is 24.3 Å². The summed E-state index contributed by atoms with van der Waals surface area (Å²) in [6.07, 6.45) is 4.81. The summed E-state index contributed by atoms with van der Waals surface area (Å²) in [5.74, 6) is 0.570. The number of aryl methyl sites for hydroxylation is 1. The number of methoxy groups -OCH3 is 1. The minimum atomic E-state index is -0.200. The van der Waals surface area contributed by atoms with Gasteiger partial charge in [0.05, 0.1) is 31.8 Å². The van der Waals surface area contributed by atoms with Crippen molar-refractivity contribution in [2.24, 2.45) is 5.92 Å². The van der Waals surface area contributed by atoms with Crippen LogP contribution in [0.3, 0.4) is 0 Å². The van der Waals surface area contributed by atoms with Gasteiger partial charge in [-0.25, -0.2) is 4.98 Å². The van der Waals surface area contributed by atoms with Crippen LogP contribution in [0.25, 0.3) is 0 Å². The number of hydrogen-bond donors (Lipinski definition) is 1. The molecule has 0 saturated carbocycles. The molecule has 0 saturated heterocycles. The molecule has 0 aliphatic carbocycles. The number of pyridine rings is 1. The van der Waals surface area contributed by atoms with Crippen molar-refractivity contribution in [2.75, 3.05) is 7.11 Å². The highest BCUT2D eigenvalue weighted by Crippen LogP contribution is 2.23. The molecule has 1 unspecified atom stereocenters. The van der Waals surface area contributed by atoms with Gasteiger partial charge in [0.1, 0.15) is 18.4 Å². The van der Waals surface area contributed by atoms with Crippen LogP contribution in [0, 0.1) is 19.8 Å². The second-order valence-electron chi connectivity index (χ2n) is 5.28. The van der Waals surface area contributed by atoms with Crippen LogP contribution in [0.4, 0.5) is 0 Å². The van der Waals surface area contributed by atoms with Crippen molar-refractivity contribution < 1.29 is 9.53 Å². The smallest absolute Gasteiger partial charge is 0.225 e. The Hall–Kier alpha value is -2.44. The van der Waals surface area contributed by atoms with Gasteiger partial charge in [0.2, 0.25) is 5.91 Å². The van der Waals surface area contributed by atoms with E-state index in [1.807, 2.05) is 20.8 Å². The van der Waals surface area contributed by atoms with Gasteiger partial charge in [-0.15, -0.1) is 0 Å². The van der Waals surface area contributed by atoms with Gasteiger partial charge in [-0.2, -0.15) is 5.10 Å². The zero-order chi connectivity index (χ0) is 16.1. The summed E-state index contributed by atoms with van der Waals surface area (Å²) in [7, 11) is 1.64. The molecule has 2 aromatic rings. The number of carbonyl (C=O) groups is 1. The largest absolute Gasteiger partial charge is 0.496 e. The molecule has 7 heteroatoms. The quantitative estimate of drug-likeness (QED) is 0.868. The van der Waals surface area contributed by atoms with Crippen molar-refractivity contribution in [1.29, 1.82) is 0 Å². The highest BCUT2D eigenvalue weighted by Gasteiger charge is 2.15. The van der Waals surface area contributed by atoms with Crippen molar-refractivity contribution in [3.63, 3.8) is 0 Å². The fourth-order valence-electron chi connectivity index (χ4n) is 2.28. The van der Waals surface area contributed by atoms with E-state index in [2.05, 4.69) is 20.4 Å². The van der Waals surface area contributed by atoms with E-state index in [1.165, 1.54) is 6.33 Å². The number of rotatable bonds is 6. The van der Waals surface area contributed by atoms with Crippen molar-refractivity contribution in [3.8, 4) is 5.75 Å². The molecule has 0 spiro atoms. The van der Waals surface area contributed by atoms with Gasteiger partial charge >= 0.3 is 0 Å². The highest BCUT2D eigenvalue weighted by atomic mass is 16.5. The van der Waals surface area contributed by atoms with E-state index in [-0.39, 0.29) is 11.8 Å². The summed E-state index contributed by atoms with van der Waals surface area (Å²) < 4.78 is 7.01. The molecule has 0 aliphatic rings. The normalized spacial score (nSPS) is 12.0. The van der Waals surface area contributed by atoms with Crippen molar-refractivity contribution in [2.45, 2.75) is 33.9 Å². The predicted octanol–water partition coefficient (Wildman–Crippen LogP) is 1.25. The van der Waals surface area contributed by atoms with E-state index < -0.39 is 0 Å². The van der Waals surface area contributed by atoms with Crippen LogP contribution in [-0.4, -0.2) is 32.8 Å². The molecule has 0 radical (unpaired) electrons. The lowest BCUT2D eigenvalue weighted by molar-refractivity contribution is -0.125. The van der Waals surface area contributed by atoms with Crippen LogP contribution in [0.1, 0.15) is 23.7 Å². The molecule has 1 amide bonds. The maximum Gasteiger partial charge on any atom is 0.225 e. The third-order valence-electron chi connectivity index (χ3n) is 3.55. The van der Waals surface area contributed by atoms with E-state index in [4.69, 9.17) is 4.74 Å². The molecule has 0 aliphatic heterocycles. The van der Waals surface area contributed by atoms with Crippen LogP contribution >= 0.6 is 0 Å². The van der Waals surface area contributed by atoms with Crippen LogP contribution in [0.2, 0.25) is 0 Å². The SMILES string of the molecule is COc1c(C)cnc(CNC(=O)C(C)Cn2cncn2)c1C. The molecule has 2 heterocycles. The van der Waals surface area contributed by atoms with Crippen LogP contribution in [-0.2, 0) is 17.9 Å². The molecule has 0 aromatic carbocycles. The number of carbonyl (C=O) groups excluding carboxylic acids is 1. The second kappa shape index (κ2) is 7.02. The molecule has 2 aromatic heterocycles. The van der Waals surface area contributed by atoms with E-state index in [0.717, 1.165) is 22.6 Å². The predicted molar refractivity (Wildman–Crippen MR) is 81.3 cm³/mol. The maximum atomic E-state index is 12.1. The summed E-state index contributed by atoms with van der Waals surface area (Å²) in [4.78, 5) is 20.4. The van der Waals surface area contributed by atoms with Gasteiger partial charge in [0.15, 0.2) is 0 Å². The Kier molecular flexibility index (Phi) is 5.08. The topological polar surface area (TPSA) is 81.9 Å². The number of nitrogens with one attached hydrogen (secondary N) is 1. The van der Waals surface area contributed by atoms with Gasteiger partial charge in [-0.05, 0) is 13.8 Å². The van der Waals surface area contributed by atoms with E-state index in [0.29, 0.717) is 13.1 Å². The first-order valence-corrected chi connectivity index (χ1v) is 7.12. The lowest BCUT2D eigenvalue weighted by atomic mass is 10.1. The Morgan fingerprint density at radius 1 is 1.45 bits per heavy atom. The number of amides is 1. The van der Waals surface area contributed by atoms with Gasteiger partial charge < -0.3 is 10.1 Å². The third-order valence-corrected chi connectivity index (χ3v) is 3.55. The molecular weight excluding hydrogens is 282 g/mol. The van der Waals surface area contributed by atoms with Crippen molar-refractivity contribution in [3.05, 3.63) is 35.7 Å². The summed E-state index contributed by atoms with van der Waals surface area (Å²) in [5, 5.41) is 6.90. The van der Waals surface area contributed by atoms with E-state index in [9.17, 15) is 4.79 Å². The minimum Gasteiger partial charge on any atom is -0.496 e. The Labute approximate surface area is 129 Å². The first kappa shape index (κ1) is 15.9. The Morgan fingerprint density at radius 3 is 2.86 bits per heavy atom. The standard InChI is InChI=1S/C15H21N5O2/c1-10-5-17-13(12(3)14(10)22-4)6-18-15(21)11(2)7-20-9-16-8-19-20/h5,8-9,11H,6-7H2,1-4H3,(H,18,21). The Morgan fingerprint density at radius 2 is 2.23 bits per heavy atom. The monoisotopic (exact) mass is 303 g/mol. The number of hydrogen-bond acceptors (Lipinski definition) is 5. The van der Waals surface area contributed by atoms with Gasteiger partial charge in [0, 0.05) is 17.3 Å². The molecule has 22 heavy (non-hydrogen) atoms. The van der Waals surface area contributed by atoms with Crippen LogP contribution < -0.4 is 10.1 Å². The average Bonchev–Trinajstić information content (AvgIpc) is 2.99. The maximum absolute atomic E-state index is 12.1. The zero-order valence-electron chi connectivity index (χ0n) is 13.3. The summed E-state index contributed by atoms with van der Waals surface area (Å²) in [5.41, 5.74) is 2.74. The number of ether oxygens (including phenoxy) is 1. The highest BCUT2D eigenvalue weighted by molar-refractivity contribution is 5.78. The van der Waals surface area contributed by atoms with Gasteiger partial charge in [-0.1, -0.05) is 6.92 Å². The molecule has 7 nitrogen and oxygen atoms in total. The molecule has 118 valence electrons. The van der Waals surface area contributed by atoms with Crippen molar-refractivity contribution in [1.82, 2.24) is 25.1 Å². The molecule has 0 fully saturated rings. The summed E-state index contributed by atoms with van der Waals surface area (Å²) in [6, 6.07) is 0. The zero-order valence-corrected chi connectivity index (χ0v) is 13.3. The molecule has 2 rings (SSSR count). The molecule has 0 bridgehead atoms. The van der Waals surface area contributed by atoms with Crippen molar-refractivity contribution >= 4 is 5.91 Å². The van der Waals surface area contributed by atoms with Crippen LogP contribution in [0.15, 0.2) is 18.9 Å². The number of aromatic nitrogens is 4. The summed E-state index contributed by atoms with van der Waals surface area (Å²) >= 11 is 0. The average molecular weight is 303 g/mol. The second-order valence-corrected chi connectivity index (χ2v) is 5.28. The molecular formula is C15H21N5O2. The fourth-order valence-corrected chi connectivity index (χ4v) is 2.28. The summed E-state index contributed by atoms with van der Waals surface area (Å²) in [6.45, 7) is 6.62. The minimum absolute atomic E-state index is 0.0451. The number of nitrogens with zero attached hydrogens (tertiary/aromatic N) is 4. The molecule has 1 atom stereocenters. The fraction of sp³-hybridized carbons (Fsp3) is 0.467. The lowest BCUT2D eigenvalue weighted by Crippen LogP contribution is -2.31. The first-order valence-electron chi connectivity index (χ1n) is 7.12. The molecule has 1 N–H and O–H groups in total. The Bertz CT molecular complexity index is 640. The third kappa shape index (κ3) is 3.60.